The lowest BCUT2D eigenvalue weighted by Gasteiger charge is -2.23. The number of aliphatic imine (C=N–C) groups is 1. The Labute approximate surface area is 132 Å². The molecule has 0 aliphatic carbocycles. The lowest BCUT2D eigenvalue weighted by Crippen LogP contribution is -2.43. The summed E-state index contributed by atoms with van der Waals surface area (Å²) in [5, 5.41) is 8.76. The van der Waals surface area contributed by atoms with Crippen molar-refractivity contribution in [1.29, 1.82) is 0 Å². The van der Waals surface area contributed by atoms with Crippen molar-refractivity contribution in [3.05, 3.63) is 20.8 Å². The van der Waals surface area contributed by atoms with Crippen molar-refractivity contribution in [3.63, 3.8) is 0 Å². The molecule has 0 amide bonds. The van der Waals surface area contributed by atoms with Gasteiger partial charge in [0.1, 0.15) is 0 Å². The van der Waals surface area contributed by atoms with Crippen LogP contribution in [0.1, 0.15) is 25.6 Å². The molecule has 3 nitrogen and oxygen atoms in total. The standard InChI is InChI=1S/C13H22BrN3S2/c1-5-15-12(17-9-13(2,3)18-4)16-7-11-6-10(14)8-19-11/h6,8H,5,7,9H2,1-4H3,(H2,15,16,17). The van der Waals surface area contributed by atoms with E-state index in [1.807, 2.05) is 11.8 Å². The van der Waals surface area contributed by atoms with Crippen molar-refractivity contribution in [2.75, 3.05) is 19.3 Å². The predicted molar refractivity (Wildman–Crippen MR) is 92.4 cm³/mol. The average molecular weight is 364 g/mol. The minimum absolute atomic E-state index is 0.210. The Balaban J connectivity index is 2.56. The molecule has 0 spiro atoms. The maximum atomic E-state index is 4.61. The molecule has 0 aliphatic rings. The largest absolute Gasteiger partial charge is 0.357 e. The summed E-state index contributed by atoms with van der Waals surface area (Å²) in [6.45, 7) is 9.02. The van der Waals surface area contributed by atoms with E-state index in [2.05, 4.69) is 70.0 Å². The zero-order chi connectivity index (χ0) is 14.3. The van der Waals surface area contributed by atoms with E-state index >= 15 is 0 Å². The molecule has 0 saturated carbocycles. The third-order valence-corrected chi connectivity index (χ3v) is 5.53. The molecule has 6 heteroatoms. The maximum absolute atomic E-state index is 4.61. The van der Waals surface area contributed by atoms with E-state index in [4.69, 9.17) is 0 Å². The van der Waals surface area contributed by atoms with Gasteiger partial charge in [-0.1, -0.05) is 0 Å². The highest BCUT2D eigenvalue weighted by molar-refractivity contribution is 9.10. The van der Waals surface area contributed by atoms with Gasteiger partial charge in [-0.15, -0.1) is 11.3 Å². The lowest BCUT2D eigenvalue weighted by molar-refractivity contribution is 0.665. The zero-order valence-corrected chi connectivity index (χ0v) is 15.1. The summed E-state index contributed by atoms with van der Waals surface area (Å²) in [7, 11) is 0. The Bertz CT molecular complexity index is 416. The lowest BCUT2D eigenvalue weighted by atomic mass is 10.2. The summed E-state index contributed by atoms with van der Waals surface area (Å²) in [5.74, 6) is 0.883. The molecule has 1 heterocycles. The first-order valence-electron chi connectivity index (χ1n) is 6.27. The van der Waals surface area contributed by atoms with Crippen molar-refractivity contribution in [2.24, 2.45) is 4.99 Å². The first-order valence-corrected chi connectivity index (χ1v) is 9.17. The van der Waals surface area contributed by atoms with Gasteiger partial charge in [-0.3, -0.25) is 0 Å². The maximum Gasteiger partial charge on any atom is 0.191 e. The van der Waals surface area contributed by atoms with Gasteiger partial charge in [0.15, 0.2) is 5.96 Å². The highest BCUT2D eigenvalue weighted by Gasteiger charge is 2.16. The van der Waals surface area contributed by atoms with E-state index in [9.17, 15) is 0 Å². The second-order valence-corrected chi connectivity index (χ2v) is 8.17. The minimum atomic E-state index is 0.210. The Hall–Kier alpha value is -0.200. The van der Waals surface area contributed by atoms with Crippen LogP contribution >= 0.6 is 39.0 Å². The van der Waals surface area contributed by atoms with E-state index < -0.39 is 0 Å². The van der Waals surface area contributed by atoms with Gasteiger partial charge in [-0.2, -0.15) is 11.8 Å². The summed E-state index contributed by atoms with van der Waals surface area (Å²) >= 11 is 7.04. The third kappa shape index (κ3) is 6.68. The summed E-state index contributed by atoms with van der Waals surface area (Å²) in [6.07, 6.45) is 2.13. The fourth-order valence-electron chi connectivity index (χ4n) is 1.30. The van der Waals surface area contributed by atoms with E-state index in [0.29, 0.717) is 6.54 Å². The number of nitrogens with zero attached hydrogens (tertiary/aromatic N) is 1. The summed E-state index contributed by atoms with van der Waals surface area (Å²) in [6, 6.07) is 2.11. The average Bonchev–Trinajstić information content (AvgIpc) is 2.79. The van der Waals surface area contributed by atoms with Gasteiger partial charge < -0.3 is 10.6 Å². The molecule has 0 aliphatic heterocycles. The van der Waals surface area contributed by atoms with Crippen LogP contribution in [0.5, 0.6) is 0 Å². The number of nitrogens with one attached hydrogen (secondary N) is 2. The quantitative estimate of drug-likeness (QED) is 0.597. The molecule has 0 bridgehead atoms. The smallest absolute Gasteiger partial charge is 0.191 e. The normalized spacial score (nSPS) is 12.6. The number of rotatable bonds is 6. The molecular formula is C13H22BrN3S2. The molecule has 0 fully saturated rings. The van der Waals surface area contributed by atoms with Gasteiger partial charge in [0.2, 0.25) is 0 Å². The van der Waals surface area contributed by atoms with Gasteiger partial charge >= 0.3 is 0 Å². The monoisotopic (exact) mass is 363 g/mol. The van der Waals surface area contributed by atoms with Gasteiger partial charge in [-0.25, -0.2) is 4.99 Å². The van der Waals surface area contributed by atoms with E-state index in [-0.39, 0.29) is 4.75 Å². The number of hydrogen-bond acceptors (Lipinski definition) is 3. The van der Waals surface area contributed by atoms with Crippen molar-refractivity contribution >= 4 is 45.0 Å². The van der Waals surface area contributed by atoms with Crippen LogP contribution in [0.15, 0.2) is 20.9 Å². The number of thioether (sulfide) groups is 1. The molecule has 0 saturated heterocycles. The van der Waals surface area contributed by atoms with Crippen LogP contribution in [0.2, 0.25) is 0 Å². The fourth-order valence-corrected chi connectivity index (χ4v) is 2.90. The molecule has 0 atom stereocenters. The number of thiophene rings is 1. The molecule has 108 valence electrons. The molecule has 0 aromatic carbocycles. The molecule has 1 rings (SSSR count). The van der Waals surface area contributed by atoms with Crippen molar-refractivity contribution in [2.45, 2.75) is 32.1 Å². The van der Waals surface area contributed by atoms with Crippen LogP contribution < -0.4 is 10.6 Å². The summed E-state index contributed by atoms with van der Waals surface area (Å²) in [5.41, 5.74) is 0. The van der Waals surface area contributed by atoms with Crippen molar-refractivity contribution in [1.82, 2.24) is 10.6 Å². The van der Waals surface area contributed by atoms with E-state index in [0.717, 1.165) is 23.5 Å². The first kappa shape index (κ1) is 16.9. The van der Waals surface area contributed by atoms with Gasteiger partial charge in [0.05, 0.1) is 6.54 Å². The number of guanidine groups is 1. The first-order chi connectivity index (χ1) is 8.96. The number of halogens is 1. The Kier molecular flexibility index (Phi) is 7.25. The molecule has 1 aromatic heterocycles. The zero-order valence-electron chi connectivity index (χ0n) is 11.9. The SMILES string of the molecule is CCNC(=NCc1cc(Br)cs1)NCC(C)(C)SC. The molecule has 1 aromatic rings. The highest BCUT2D eigenvalue weighted by Crippen LogP contribution is 2.21. The minimum Gasteiger partial charge on any atom is -0.357 e. The number of hydrogen-bond donors (Lipinski definition) is 2. The van der Waals surface area contributed by atoms with Crippen LogP contribution in [0, 0.1) is 0 Å². The molecular weight excluding hydrogens is 342 g/mol. The van der Waals surface area contributed by atoms with Crippen LogP contribution in [0.4, 0.5) is 0 Å². The summed E-state index contributed by atoms with van der Waals surface area (Å²) < 4.78 is 1.34. The van der Waals surface area contributed by atoms with E-state index in [1.54, 1.807) is 11.3 Å². The summed E-state index contributed by atoms with van der Waals surface area (Å²) in [4.78, 5) is 5.87. The molecule has 2 N–H and O–H groups in total. The van der Waals surface area contributed by atoms with Gasteiger partial charge in [-0.05, 0) is 49.0 Å². The van der Waals surface area contributed by atoms with Crippen LogP contribution in [0.3, 0.4) is 0 Å². The topological polar surface area (TPSA) is 36.4 Å². The van der Waals surface area contributed by atoms with Crippen molar-refractivity contribution < 1.29 is 0 Å². The van der Waals surface area contributed by atoms with Crippen LogP contribution in [-0.2, 0) is 6.54 Å². The van der Waals surface area contributed by atoms with Crippen molar-refractivity contribution in [3.8, 4) is 0 Å². The van der Waals surface area contributed by atoms with E-state index in [1.165, 1.54) is 4.88 Å². The second-order valence-electron chi connectivity index (χ2n) is 4.74. The Morgan fingerprint density at radius 1 is 1.47 bits per heavy atom. The Morgan fingerprint density at radius 3 is 2.74 bits per heavy atom. The van der Waals surface area contributed by atoms with Crippen LogP contribution in [-0.4, -0.2) is 30.1 Å². The predicted octanol–water partition coefficient (Wildman–Crippen LogP) is 3.71. The Morgan fingerprint density at radius 2 is 2.21 bits per heavy atom. The molecule has 19 heavy (non-hydrogen) atoms. The highest BCUT2D eigenvalue weighted by atomic mass is 79.9. The fraction of sp³-hybridized carbons (Fsp3) is 0.615. The molecule has 0 unspecified atom stereocenters. The van der Waals surface area contributed by atoms with Crippen LogP contribution in [0.25, 0.3) is 0 Å². The molecule has 0 radical (unpaired) electrons. The second kappa shape index (κ2) is 8.17. The van der Waals surface area contributed by atoms with Gasteiger partial charge in [0.25, 0.3) is 0 Å². The van der Waals surface area contributed by atoms with Gasteiger partial charge in [0, 0.05) is 32.6 Å². The third-order valence-electron chi connectivity index (χ3n) is 2.59.